The highest BCUT2D eigenvalue weighted by Gasteiger charge is 2.17. The van der Waals surface area contributed by atoms with E-state index >= 15 is 0 Å². The van der Waals surface area contributed by atoms with Crippen molar-refractivity contribution in [3.63, 3.8) is 0 Å². The third-order valence-electron chi connectivity index (χ3n) is 2.54. The van der Waals surface area contributed by atoms with Crippen LogP contribution in [-0.2, 0) is 6.42 Å². The summed E-state index contributed by atoms with van der Waals surface area (Å²) in [4.78, 5) is 0.475. The maximum absolute atomic E-state index is 3.77. The van der Waals surface area contributed by atoms with Crippen LogP contribution in [0.15, 0.2) is 24.3 Å². The average molecular weight is 269 g/mol. The van der Waals surface area contributed by atoms with Crippen molar-refractivity contribution >= 4 is 15.9 Å². The summed E-state index contributed by atoms with van der Waals surface area (Å²) in [7, 11) is 0. The minimum Gasteiger partial charge on any atom is -0.0839 e. The van der Waals surface area contributed by atoms with E-state index in [-0.39, 0.29) is 0 Å². The number of aryl methyl sites for hydroxylation is 1. The van der Waals surface area contributed by atoms with Crippen LogP contribution < -0.4 is 0 Å². The minimum absolute atomic E-state index is 0.373. The van der Waals surface area contributed by atoms with E-state index in [0.717, 1.165) is 6.42 Å². The first-order valence-corrected chi connectivity index (χ1v) is 6.57. The summed E-state index contributed by atoms with van der Waals surface area (Å²) in [6, 6.07) is 8.94. The van der Waals surface area contributed by atoms with Gasteiger partial charge in [0.15, 0.2) is 0 Å². The van der Waals surface area contributed by atoms with Gasteiger partial charge in [0.1, 0.15) is 0 Å². The largest absolute Gasteiger partial charge is 0.0839 e. The molecule has 0 bridgehead atoms. The van der Waals surface area contributed by atoms with Crippen molar-refractivity contribution in [2.24, 2.45) is 5.41 Å². The van der Waals surface area contributed by atoms with Crippen LogP contribution in [0.25, 0.3) is 0 Å². The van der Waals surface area contributed by atoms with E-state index < -0.39 is 0 Å². The summed E-state index contributed by atoms with van der Waals surface area (Å²) < 4.78 is 0. The van der Waals surface area contributed by atoms with Crippen molar-refractivity contribution in [1.29, 1.82) is 0 Å². The van der Waals surface area contributed by atoms with E-state index in [0.29, 0.717) is 10.2 Å². The van der Waals surface area contributed by atoms with Crippen molar-refractivity contribution in [3.05, 3.63) is 35.4 Å². The van der Waals surface area contributed by atoms with E-state index in [1.54, 1.807) is 0 Å². The van der Waals surface area contributed by atoms with E-state index in [1.807, 2.05) is 0 Å². The Labute approximate surface area is 102 Å². The maximum atomic E-state index is 3.77. The second-order valence-corrected chi connectivity index (χ2v) is 6.43. The summed E-state index contributed by atoms with van der Waals surface area (Å²) >= 11 is 3.77. The summed E-state index contributed by atoms with van der Waals surface area (Å²) in [5.74, 6) is 0. The molecule has 0 spiro atoms. The molecule has 0 saturated carbocycles. The van der Waals surface area contributed by atoms with E-state index in [4.69, 9.17) is 0 Å². The number of benzene rings is 1. The molecule has 1 atom stereocenters. The first kappa shape index (κ1) is 12.8. The standard InChI is InChI=1S/C14H21Br/c1-5-11-6-8-12(9-7-11)13(15)10-14(2,3)4/h6-9,13H,5,10H2,1-4H3. The molecule has 1 aromatic carbocycles. The Kier molecular flexibility index (Phi) is 4.39. The van der Waals surface area contributed by atoms with E-state index in [9.17, 15) is 0 Å². The molecule has 0 amide bonds. The highest BCUT2D eigenvalue weighted by atomic mass is 79.9. The van der Waals surface area contributed by atoms with Crippen molar-refractivity contribution < 1.29 is 0 Å². The van der Waals surface area contributed by atoms with Crippen molar-refractivity contribution in [3.8, 4) is 0 Å². The molecule has 84 valence electrons. The van der Waals surface area contributed by atoms with Gasteiger partial charge in [-0.25, -0.2) is 0 Å². The molecule has 0 N–H and O–H groups in total. The average Bonchev–Trinajstić information content (AvgIpc) is 2.15. The van der Waals surface area contributed by atoms with Gasteiger partial charge < -0.3 is 0 Å². The number of halogens is 1. The van der Waals surface area contributed by atoms with Crippen LogP contribution in [0.4, 0.5) is 0 Å². The van der Waals surface area contributed by atoms with Gasteiger partial charge in [-0.2, -0.15) is 0 Å². The zero-order valence-electron chi connectivity index (χ0n) is 10.2. The fourth-order valence-corrected chi connectivity index (χ4v) is 2.89. The molecule has 0 nitrogen and oxygen atoms in total. The van der Waals surface area contributed by atoms with Crippen LogP contribution in [-0.4, -0.2) is 0 Å². The molecule has 0 aromatic heterocycles. The van der Waals surface area contributed by atoms with Gasteiger partial charge in [0.2, 0.25) is 0 Å². The summed E-state index contributed by atoms with van der Waals surface area (Å²) in [5, 5.41) is 0. The lowest BCUT2D eigenvalue weighted by Gasteiger charge is -2.22. The monoisotopic (exact) mass is 268 g/mol. The van der Waals surface area contributed by atoms with Gasteiger partial charge in [-0.3, -0.25) is 0 Å². The topological polar surface area (TPSA) is 0 Å². The number of rotatable bonds is 3. The Morgan fingerprint density at radius 2 is 1.67 bits per heavy atom. The molecule has 15 heavy (non-hydrogen) atoms. The molecule has 1 unspecified atom stereocenters. The van der Waals surface area contributed by atoms with Gasteiger partial charge in [-0.05, 0) is 29.4 Å². The molecule has 0 aliphatic carbocycles. The fourth-order valence-electron chi connectivity index (χ4n) is 1.62. The molecule has 1 aromatic rings. The normalized spacial score (nSPS) is 13.9. The fraction of sp³-hybridized carbons (Fsp3) is 0.571. The highest BCUT2D eigenvalue weighted by molar-refractivity contribution is 9.09. The zero-order valence-corrected chi connectivity index (χ0v) is 11.8. The Hall–Kier alpha value is -0.300. The molecule has 0 fully saturated rings. The number of alkyl halides is 1. The maximum Gasteiger partial charge on any atom is 0.0400 e. The number of hydrogen-bond acceptors (Lipinski definition) is 0. The van der Waals surface area contributed by atoms with Crippen molar-refractivity contribution in [2.45, 2.75) is 45.4 Å². The van der Waals surface area contributed by atoms with Crippen LogP contribution in [0.2, 0.25) is 0 Å². The van der Waals surface area contributed by atoms with Gasteiger partial charge in [0, 0.05) is 4.83 Å². The first-order chi connectivity index (χ1) is 6.92. The van der Waals surface area contributed by atoms with E-state index in [2.05, 4.69) is 67.9 Å². The van der Waals surface area contributed by atoms with Crippen LogP contribution in [0.3, 0.4) is 0 Å². The van der Waals surface area contributed by atoms with Gasteiger partial charge >= 0.3 is 0 Å². The van der Waals surface area contributed by atoms with Crippen LogP contribution in [0.5, 0.6) is 0 Å². The smallest absolute Gasteiger partial charge is 0.0400 e. The lowest BCUT2D eigenvalue weighted by Crippen LogP contribution is -2.08. The summed E-state index contributed by atoms with van der Waals surface area (Å²) in [6.07, 6.45) is 2.28. The molecule has 0 aliphatic heterocycles. The van der Waals surface area contributed by atoms with Crippen molar-refractivity contribution in [2.75, 3.05) is 0 Å². The number of hydrogen-bond donors (Lipinski definition) is 0. The SMILES string of the molecule is CCc1ccc(C(Br)CC(C)(C)C)cc1. The van der Waals surface area contributed by atoms with E-state index in [1.165, 1.54) is 17.5 Å². The van der Waals surface area contributed by atoms with Gasteiger partial charge in [-0.1, -0.05) is 67.9 Å². The van der Waals surface area contributed by atoms with Crippen LogP contribution in [0, 0.1) is 5.41 Å². The lowest BCUT2D eigenvalue weighted by atomic mass is 9.88. The minimum atomic E-state index is 0.373. The predicted octanol–water partition coefficient (Wildman–Crippen LogP) is 5.12. The molecule has 1 heteroatoms. The Bertz CT molecular complexity index is 292. The van der Waals surface area contributed by atoms with Gasteiger partial charge in [0.25, 0.3) is 0 Å². The second kappa shape index (κ2) is 5.16. The Morgan fingerprint density at radius 3 is 2.07 bits per heavy atom. The molecule has 0 aliphatic rings. The first-order valence-electron chi connectivity index (χ1n) is 5.65. The predicted molar refractivity (Wildman–Crippen MR) is 71.6 cm³/mol. The zero-order chi connectivity index (χ0) is 11.5. The Balaban J connectivity index is 2.70. The molecular formula is C14H21Br. The third-order valence-corrected chi connectivity index (χ3v) is 3.39. The quantitative estimate of drug-likeness (QED) is 0.668. The molecule has 1 rings (SSSR count). The summed E-state index contributed by atoms with van der Waals surface area (Å²) in [6.45, 7) is 9.03. The van der Waals surface area contributed by atoms with Crippen molar-refractivity contribution in [1.82, 2.24) is 0 Å². The van der Waals surface area contributed by atoms with Crippen LogP contribution >= 0.6 is 15.9 Å². The molecule has 0 heterocycles. The Morgan fingerprint density at radius 1 is 1.13 bits per heavy atom. The molecular weight excluding hydrogens is 248 g/mol. The summed E-state index contributed by atoms with van der Waals surface area (Å²) in [5.41, 5.74) is 3.17. The second-order valence-electron chi connectivity index (χ2n) is 5.33. The van der Waals surface area contributed by atoms with Gasteiger partial charge in [-0.15, -0.1) is 0 Å². The lowest BCUT2D eigenvalue weighted by molar-refractivity contribution is 0.377. The van der Waals surface area contributed by atoms with Crippen LogP contribution in [0.1, 0.15) is 50.1 Å². The molecule has 0 radical (unpaired) electrons. The highest BCUT2D eigenvalue weighted by Crippen LogP contribution is 2.35. The third kappa shape index (κ3) is 4.38. The molecule has 0 saturated heterocycles. The van der Waals surface area contributed by atoms with Gasteiger partial charge in [0.05, 0.1) is 0 Å².